The SMILES string of the molecule is COCc1ccc(OC)cc1C1(C(=O)O)CC1. The molecule has 4 heteroatoms. The molecule has 0 unspecified atom stereocenters. The van der Waals surface area contributed by atoms with Gasteiger partial charge in [-0.2, -0.15) is 0 Å². The van der Waals surface area contributed by atoms with Crippen molar-refractivity contribution < 1.29 is 19.4 Å². The average Bonchev–Trinajstić information content (AvgIpc) is 3.11. The summed E-state index contributed by atoms with van der Waals surface area (Å²) in [5.74, 6) is -0.0736. The Kier molecular flexibility index (Phi) is 3.07. The summed E-state index contributed by atoms with van der Waals surface area (Å²) >= 11 is 0. The van der Waals surface area contributed by atoms with Crippen molar-refractivity contribution in [1.29, 1.82) is 0 Å². The number of aliphatic carboxylic acids is 1. The molecular weight excluding hydrogens is 220 g/mol. The van der Waals surface area contributed by atoms with E-state index in [1.807, 2.05) is 18.2 Å². The number of carbonyl (C=O) groups is 1. The first-order valence-electron chi connectivity index (χ1n) is 5.54. The summed E-state index contributed by atoms with van der Waals surface area (Å²) in [6.07, 6.45) is 1.37. The maximum absolute atomic E-state index is 11.4. The summed E-state index contributed by atoms with van der Waals surface area (Å²) < 4.78 is 10.3. The molecular formula is C13H16O4. The van der Waals surface area contributed by atoms with E-state index in [1.54, 1.807) is 14.2 Å². The molecule has 1 N–H and O–H groups in total. The number of carboxylic acids is 1. The number of carboxylic acid groups (broad SMARTS) is 1. The van der Waals surface area contributed by atoms with Crippen molar-refractivity contribution in [3.63, 3.8) is 0 Å². The van der Waals surface area contributed by atoms with Gasteiger partial charge in [-0.05, 0) is 36.1 Å². The van der Waals surface area contributed by atoms with E-state index < -0.39 is 11.4 Å². The number of methoxy groups -OCH3 is 2. The van der Waals surface area contributed by atoms with E-state index in [4.69, 9.17) is 9.47 Å². The Morgan fingerprint density at radius 3 is 2.59 bits per heavy atom. The molecule has 0 atom stereocenters. The quantitative estimate of drug-likeness (QED) is 0.849. The number of ether oxygens (including phenoxy) is 2. The maximum Gasteiger partial charge on any atom is 0.314 e. The van der Waals surface area contributed by atoms with Crippen molar-refractivity contribution in [2.45, 2.75) is 24.9 Å². The van der Waals surface area contributed by atoms with Crippen molar-refractivity contribution in [3.8, 4) is 5.75 Å². The van der Waals surface area contributed by atoms with Gasteiger partial charge in [0.15, 0.2) is 0 Å². The largest absolute Gasteiger partial charge is 0.497 e. The topological polar surface area (TPSA) is 55.8 Å². The van der Waals surface area contributed by atoms with E-state index in [9.17, 15) is 9.90 Å². The molecule has 0 amide bonds. The van der Waals surface area contributed by atoms with Crippen LogP contribution in [-0.2, 0) is 21.6 Å². The first-order chi connectivity index (χ1) is 8.14. The molecule has 0 saturated heterocycles. The van der Waals surface area contributed by atoms with Gasteiger partial charge in [-0.25, -0.2) is 0 Å². The van der Waals surface area contributed by atoms with Crippen molar-refractivity contribution in [2.75, 3.05) is 14.2 Å². The third kappa shape index (κ3) is 2.00. The van der Waals surface area contributed by atoms with E-state index in [1.165, 1.54) is 0 Å². The average molecular weight is 236 g/mol. The van der Waals surface area contributed by atoms with Crippen LogP contribution < -0.4 is 4.74 Å². The highest BCUT2D eigenvalue weighted by Gasteiger charge is 2.52. The van der Waals surface area contributed by atoms with Crippen LogP contribution in [0.5, 0.6) is 5.75 Å². The smallest absolute Gasteiger partial charge is 0.314 e. The zero-order valence-electron chi connectivity index (χ0n) is 10.0. The second-order valence-corrected chi connectivity index (χ2v) is 4.34. The molecule has 0 aliphatic heterocycles. The first kappa shape index (κ1) is 11.9. The Balaban J connectivity index is 2.45. The Morgan fingerprint density at radius 1 is 1.41 bits per heavy atom. The molecule has 2 rings (SSSR count). The zero-order valence-corrected chi connectivity index (χ0v) is 10.0. The highest BCUT2D eigenvalue weighted by molar-refractivity contribution is 5.85. The highest BCUT2D eigenvalue weighted by atomic mass is 16.5. The predicted molar refractivity (Wildman–Crippen MR) is 62.3 cm³/mol. The fourth-order valence-corrected chi connectivity index (χ4v) is 2.13. The Bertz CT molecular complexity index is 435. The predicted octanol–water partition coefficient (Wildman–Crippen LogP) is 1.96. The maximum atomic E-state index is 11.4. The summed E-state index contributed by atoms with van der Waals surface area (Å²) in [5.41, 5.74) is 1.03. The molecule has 1 saturated carbocycles. The minimum absolute atomic E-state index is 0.425. The molecule has 4 nitrogen and oxygen atoms in total. The monoisotopic (exact) mass is 236 g/mol. The van der Waals surface area contributed by atoms with Crippen LogP contribution in [0.2, 0.25) is 0 Å². The molecule has 1 aliphatic carbocycles. The summed E-state index contributed by atoms with van der Waals surface area (Å²) in [5, 5.41) is 9.33. The van der Waals surface area contributed by atoms with E-state index in [0.29, 0.717) is 25.2 Å². The summed E-state index contributed by atoms with van der Waals surface area (Å²) in [6, 6.07) is 5.52. The standard InChI is InChI=1S/C13H16O4/c1-16-8-9-3-4-10(17-2)7-11(9)13(5-6-13)12(14)15/h3-4,7H,5-6,8H2,1-2H3,(H,14,15). The van der Waals surface area contributed by atoms with Gasteiger partial charge in [-0.1, -0.05) is 6.07 Å². The molecule has 1 aromatic carbocycles. The van der Waals surface area contributed by atoms with Gasteiger partial charge in [0.25, 0.3) is 0 Å². The van der Waals surface area contributed by atoms with Gasteiger partial charge in [0.05, 0.1) is 19.1 Å². The van der Waals surface area contributed by atoms with Crippen molar-refractivity contribution in [3.05, 3.63) is 29.3 Å². The van der Waals surface area contributed by atoms with Crippen LogP contribution in [0.25, 0.3) is 0 Å². The first-order valence-corrected chi connectivity index (χ1v) is 5.54. The van der Waals surface area contributed by atoms with E-state index in [-0.39, 0.29) is 0 Å². The van der Waals surface area contributed by atoms with Gasteiger partial charge >= 0.3 is 5.97 Å². The van der Waals surface area contributed by atoms with Crippen LogP contribution in [0.15, 0.2) is 18.2 Å². The number of benzene rings is 1. The fourth-order valence-electron chi connectivity index (χ4n) is 2.13. The molecule has 0 heterocycles. The Morgan fingerprint density at radius 2 is 2.12 bits per heavy atom. The minimum Gasteiger partial charge on any atom is -0.497 e. The molecule has 0 bridgehead atoms. The van der Waals surface area contributed by atoms with Gasteiger partial charge in [-0.3, -0.25) is 4.79 Å². The second-order valence-electron chi connectivity index (χ2n) is 4.34. The summed E-state index contributed by atoms with van der Waals surface area (Å²) in [4.78, 5) is 11.4. The number of hydrogen-bond donors (Lipinski definition) is 1. The van der Waals surface area contributed by atoms with Gasteiger partial charge in [0.2, 0.25) is 0 Å². The van der Waals surface area contributed by atoms with Gasteiger partial charge < -0.3 is 14.6 Å². The summed E-state index contributed by atoms with van der Waals surface area (Å²) in [6.45, 7) is 0.425. The lowest BCUT2D eigenvalue weighted by Crippen LogP contribution is -2.21. The number of rotatable bonds is 5. The van der Waals surface area contributed by atoms with Crippen molar-refractivity contribution >= 4 is 5.97 Å². The van der Waals surface area contributed by atoms with E-state index in [0.717, 1.165) is 11.1 Å². The second kappa shape index (κ2) is 4.37. The molecule has 92 valence electrons. The molecule has 17 heavy (non-hydrogen) atoms. The third-order valence-corrected chi connectivity index (χ3v) is 3.29. The molecule has 0 radical (unpaired) electrons. The van der Waals surface area contributed by atoms with Gasteiger partial charge in [-0.15, -0.1) is 0 Å². The van der Waals surface area contributed by atoms with Crippen LogP contribution in [-0.4, -0.2) is 25.3 Å². The fraction of sp³-hybridized carbons (Fsp3) is 0.462. The van der Waals surface area contributed by atoms with Crippen molar-refractivity contribution in [1.82, 2.24) is 0 Å². The van der Waals surface area contributed by atoms with E-state index >= 15 is 0 Å². The van der Waals surface area contributed by atoms with Crippen LogP contribution in [0.1, 0.15) is 24.0 Å². The highest BCUT2D eigenvalue weighted by Crippen LogP contribution is 2.50. The molecule has 1 aromatic rings. The third-order valence-electron chi connectivity index (χ3n) is 3.29. The van der Waals surface area contributed by atoms with Crippen LogP contribution in [0.4, 0.5) is 0 Å². The lowest BCUT2D eigenvalue weighted by atomic mass is 9.91. The van der Waals surface area contributed by atoms with Crippen molar-refractivity contribution in [2.24, 2.45) is 0 Å². The number of hydrogen-bond acceptors (Lipinski definition) is 3. The molecule has 0 aromatic heterocycles. The van der Waals surface area contributed by atoms with Crippen LogP contribution >= 0.6 is 0 Å². The van der Waals surface area contributed by atoms with Crippen LogP contribution in [0, 0.1) is 0 Å². The lowest BCUT2D eigenvalue weighted by Gasteiger charge is -2.16. The van der Waals surface area contributed by atoms with Gasteiger partial charge in [0, 0.05) is 7.11 Å². The normalized spacial score (nSPS) is 16.6. The van der Waals surface area contributed by atoms with Crippen LogP contribution in [0.3, 0.4) is 0 Å². The molecule has 0 spiro atoms. The zero-order chi connectivity index (χ0) is 12.5. The lowest BCUT2D eigenvalue weighted by molar-refractivity contribution is -0.140. The van der Waals surface area contributed by atoms with Gasteiger partial charge in [0.1, 0.15) is 5.75 Å². The summed E-state index contributed by atoms with van der Waals surface area (Å²) in [7, 11) is 3.18. The Labute approximate surface area is 100 Å². The van der Waals surface area contributed by atoms with E-state index in [2.05, 4.69) is 0 Å². The molecule has 1 aliphatic rings. The Hall–Kier alpha value is -1.55. The molecule has 1 fully saturated rings. The minimum atomic E-state index is -0.761.